The maximum absolute atomic E-state index is 12.4. The van der Waals surface area contributed by atoms with Crippen molar-refractivity contribution in [2.75, 3.05) is 13.6 Å². The van der Waals surface area contributed by atoms with Gasteiger partial charge in [0.15, 0.2) is 0 Å². The molecule has 0 spiro atoms. The Bertz CT molecular complexity index is 341. The van der Waals surface area contributed by atoms with Gasteiger partial charge >= 0.3 is 6.18 Å². The standard InChI is InChI=1S/C10H13F3N2O/c1-7(6-14-2)16-9-5-8(3-4-15-9)10(11,12)13/h3-5,7,14H,6H2,1-2H3. The number of alkyl halides is 3. The van der Waals surface area contributed by atoms with E-state index in [9.17, 15) is 13.2 Å². The molecule has 0 bridgehead atoms. The highest BCUT2D eigenvalue weighted by Gasteiger charge is 2.31. The molecule has 6 heteroatoms. The first kappa shape index (κ1) is 12.8. The van der Waals surface area contributed by atoms with Gasteiger partial charge in [-0.15, -0.1) is 0 Å². The Morgan fingerprint density at radius 1 is 1.50 bits per heavy atom. The number of hydrogen-bond donors (Lipinski definition) is 1. The lowest BCUT2D eigenvalue weighted by Gasteiger charge is -2.14. The number of nitrogens with one attached hydrogen (secondary N) is 1. The maximum atomic E-state index is 12.4. The molecule has 3 nitrogen and oxygen atoms in total. The number of ether oxygens (including phenoxy) is 1. The maximum Gasteiger partial charge on any atom is 0.416 e. The quantitative estimate of drug-likeness (QED) is 0.866. The number of likely N-dealkylation sites (N-methyl/N-ethyl adjacent to an activating group) is 1. The molecule has 0 fully saturated rings. The van der Waals surface area contributed by atoms with Crippen LogP contribution in [-0.4, -0.2) is 24.7 Å². The average Bonchev–Trinajstić information content (AvgIpc) is 2.17. The second-order valence-corrected chi connectivity index (χ2v) is 3.37. The van der Waals surface area contributed by atoms with Crippen molar-refractivity contribution in [1.29, 1.82) is 0 Å². The lowest BCUT2D eigenvalue weighted by atomic mass is 10.2. The third kappa shape index (κ3) is 3.69. The van der Waals surface area contributed by atoms with Gasteiger partial charge in [0.2, 0.25) is 5.88 Å². The van der Waals surface area contributed by atoms with Crippen LogP contribution in [0.4, 0.5) is 13.2 Å². The van der Waals surface area contributed by atoms with Gasteiger partial charge in [-0.05, 0) is 20.0 Å². The van der Waals surface area contributed by atoms with Gasteiger partial charge in [0.25, 0.3) is 0 Å². The van der Waals surface area contributed by atoms with E-state index in [0.717, 1.165) is 18.3 Å². The molecule has 0 saturated heterocycles. The van der Waals surface area contributed by atoms with E-state index in [1.807, 2.05) is 0 Å². The molecule has 1 atom stereocenters. The van der Waals surface area contributed by atoms with Crippen molar-refractivity contribution in [2.24, 2.45) is 0 Å². The van der Waals surface area contributed by atoms with Gasteiger partial charge in [-0.1, -0.05) is 0 Å². The van der Waals surface area contributed by atoms with Crippen LogP contribution in [0, 0.1) is 0 Å². The highest BCUT2D eigenvalue weighted by Crippen LogP contribution is 2.30. The minimum absolute atomic E-state index is 0.0161. The molecule has 1 heterocycles. The first-order valence-electron chi connectivity index (χ1n) is 4.78. The fraction of sp³-hybridized carbons (Fsp3) is 0.500. The van der Waals surface area contributed by atoms with Crippen molar-refractivity contribution in [3.63, 3.8) is 0 Å². The van der Waals surface area contributed by atoms with Gasteiger partial charge in [0, 0.05) is 18.8 Å². The number of hydrogen-bond acceptors (Lipinski definition) is 3. The Hall–Kier alpha value is -1.30. The fourth-order valence-electron chi connectivity index (χ4n) is 1.19. The van der Waals surface area contributed by atoms with Crippen molar-refractivity contribution in [3.8, 4) is 5.88 Å². The molecule has 1 N–H and O–H groups in total. The van der Waals surface area contributed by atoms with Crippen molar-refractivity contribution >= 4 is 0 Å². The number of rotatable bonds is 4. The summed E-state index contributed by atoms with van der Waals surface area (Å²) in [6, 6.07) is 1.81. The summed E-state index contributed by atoms with van der Waals surface area (Å²) in [4.78, 5) is 3.73. The van der Waals surface area contributed by atoms with Crippen LogP contribution in [0.1, 0.15) is 12.5 Å². The van der Waals surface area contributed by atoms with Crippen molar-refractivity contribution in [1.82, 2.24) is 10.3 Å². The topological polar surface area (TPSA) is 34.1 Å². The Morgan fingerprint density at radius 2 is 2.19 bits per heavy atom. The Balaban J connectivity index is 2.75. The minimum Gasteiger partial charge on any atom is -0.473 e. The lowest BCUT2D eigenvalue weighted by molar-refractivity contribution is -0.137. The van der Waals surface area contributed by atoms with Gasteiger partial charge in [0.1, 0.15) is 6.10 Å². The van der Waals surface area contributed by atoms with Crippen LogP contribution < -0.4 is 10.1 Å². The summed E-state index contributed by atoms with van der Waals surface area (Å²) < 4.78 is 42.3. The molecule has 1 aromatic rings. The molecule has 1 unspecified atom stereocenters. The zero-order valence-electron chi connectivity index (χ0n) is 9.01. The number of aromatic nitrogens is 1. The summed E-state index contributed by atoms with van der Waals surface area (Å²) in [7, 11) is 1.74. The fourth-order valence-corrected chi connectivity index (χ4v) is 1.19. The van der Waals surface area contributed by atoms with E-state index >= 15 is 0 Å². The van der Waals surface area contributed by atoms with E-state index < -0.39 is 11.7 Å². The zero-order valence-corrected chi connectivity index (χ0v) is 9.01. The Morgan fingerprint density at radius 3 is 2.75 bits per heavy atom. The first-order chi connectivity index (χ1) is 7.43. The summed E-state index contributed by atoms with van der Waals surface area (Å²) in [6.07, 6.45) is -3.52. The van der Waals surface area contributed by atoms with E-state index in [0.29, 0.717) is 6.54 Å². The summed E-state index contributed by atoms with van der Waals surface area (Å²) in [5.74, 6) is -0.0161. The summed E-state index contributed by atoms with van der Waals surface area (Å²) in [5, 5.41) is 2.86. The molecule has 0 amide bonds. The monoisotopic (exact) mass is 234 g/mol. The SMILES string of the molecule is CNCC(C)Oc1cc(C(F)(F)F)ccn1. The van der Waals surface area contributed by atoms with Crippen LogP contribution in [0.2, 0.25) is 0 Å². The van der Waals surface area contributed by atoms with Gasteiger partial charge in [0.05, 0.1) is 5.56 Å². The highest BCUT2D eigenvalue weighted by molar-refractivity contribution is 5.23. The molecule has 0 aliphatic heterocycles. The van der Waals surface area contributed by atoms with E-state index in [-0.39, 0.29) is 12.0 Å². The van der Waals surface area contributed by atoms with Gasteiger partial charge in [-0.25, -0.2) is 4.98 Å². The third-order valence-electron chi connectivity index (χ3n) is 1.88. The molecule has 0 saturated carbocycles. The average molecular weight is 234 g/mol. The summed E-state index contributed by atoms with van der Waals surface area (Å²) in [6.45, 7) is 2.29. The minimum atomic E-state index is -4.37. The second-order valence-electron chi connectivity index (χ2n) is 3.37. The van der Waals surface area contributed by atoms with Crippen LogP contribution in [0.15, 0.2) is 18.3 Å². The van der Waals surface area contributed by atoms with Gasteiger partial charge in [-0.3, -0.25) is 0 Å². The van der Waals surface area contributed by atoms with E-state index in [1.54, 1.807) is 14.0 Å². The predicted octanol–water partition coefficient (Wildman–Crippen LogP) is 2.09. The number of nitrogens with zero attached hydrogens (tertiary/aromatic N) is 1. The van der Waals surface area contributed by atoms with E-state index in [2.05, 4.69) is 10.3 Å². The molecular weight excluding hydrogens is 221 g/mol. The molecular formula is C10H13F3N2O. The molecule has 90 valence electrons. The molecule has 1 rings (SSSR count). The Kier molecular flexibility index (Phi) is 4.12. The molecule has 16 heavy (non-hydrogen) atoms. The Labute approximate surface area is 91.6 Å². The molecule has 0 aromatic carbocycles. The predicted molar refractivity (Wildman–Crippen MR) is 53.3 cm³/mol. The van der Waals surface area contributed by atoms with Gasteiger partial charge < -0.3 is 10.1 Å². The van der Waals surface area contributed by atoms with Crippen molar-refractivity contribution in [3.05, 3.63) is 23.9 Å². The normalized spacial score (nSPS) is 13.6. The lowest BCUT2D eigenvalue weighted by Crippen LogP contribution is -2.26. The van der Waals surface area contributed by atoms with Crippen LogP contribution in [0.25, 0.3) is 0 Å². The summed E-state index contributed by atoms with van der Waals surface area (Å²) in [5.41, 5.74) is -0.755. The zero-order chi connectivity index (χ0) is 12.2. The van der Waals surface area contributed by atoms with Crippen LogP contribution in [-0.2, 0) is 6.18 Å². The van der Waals surface area contributed by atoms with E-state index in [1.165, 1.54) is 0 Å². The smallest absolute Gasteiger partial charge is 0.416 e. The van der Waals surface area contributed by atoms with Crippen molar-refractivity contribution in [2.45, 2.75) is 19.2 Å². The number of pyridine rings is 1. The van der Waals surface area contributed by atoms with E-state index in [4.69, 9.17) is 4.74 Å². The van der Waals surface area contributed by atoms with Crippen molar-refractivity contribution < 1.29 is 17.9 Å². The molecule has 0 aliphatic rings. The molecule has 0 aliphatic carbocycles. The second kappa shape index (κ2) is 5.16. The van der Waals surface area contributed by atoms with Crippen LogP contribution in [0.3, 0.4) is 0 Å². The van der Waals surface area contributed by atoms with Gasteiger partial charge in [-0.2, -0.15) is 13.2 Å². The third-order valence-corrected chi connectivity index (χ3v) is 1.88. The first-order valence-corrected chi connectivity index (χ1v) is 4.78. The molecule has 0 radical (unpaired) electrons. The number of halogens is 3. The molecule has 1 aromatic heterocycles. The highest BCUT2D eigenvalue weighted by atomic mass is 19.4. The summed E-state index contributed by atoms with van der Waals surface area (Å²) >= 11 is 0. The largest absolute Gasteiger partial charge is 0.473 e. The van der Waals surface area contributed by atoms with Crippen LogP contribution in [0.5, 0.6) is 5.88 Å². The van der Waals surface area contributed by atoms with Crippen LogP contribution >= 0.6 is 0 Å².